The Hall–Kier alpha value is -2.99. The molecule has 0 aliphatic carbocycles. The van der Waals surface area contributed by atoms with Gasteiger partial charge in [0.1, 0.15) is 6.17 Å². The maximum Gasteiger partial charge on any atom is 0.262 e. The van der Waals surface area contributed by atoms with E-state index in [4.69, 9.17) is 9.47 Å². The Morgan fingerprint density at radius 1 is 1.04 bits per heavy atom. The maximum absolute atomic E-state index is 13.2. The second kappa shape index (κ2) is 5.53. The van der Waals surface area contributed by atoms with E-state index in [2.05, 4.69) is 5.32 Å². The molecule has 5 nitrogen and oxygen atoms in total. The van der Waals surface area contributed by atoms with E-state index in [9.17, 15) is 4.79 Å². The van der Waals surface area contributed by atoms with Crippen LogP contribution in [0.1, 0.15) is 21.4 Å². The van der Waals surface area contributed by atoms with Crippen molar-refractivity contribution in [3.05, 3.63) is 70.4 Å². The van der Waals surface area contributed by atoms with Crippen molar-refractivity contribution in [1.29, 1.82) is 0 Å². The van der Waals surface area contributed by atoms with E-state index in [1.54, 1.807) is 16.2 Å². The SMILES string of the molecule is O=C1c2ccccc2N[C@H](c2cccs2)N1c1ccc2c(c1)OCO2. The molecule has 5 rings (SSSR count). The predicted octanol–water partition coefficient (Wildman–Crippen LogP) is 4.25. The molecule has 0 radical (unpaired) electrons. The summed E-state index contributed by atoms with van der Waals surface area (Å²) >= 11 is 1.62. The molecule has 0 bridgehead atoms. The van der Waals surface area contributed by atoms with E-state index in [-0.39, 0.29) is 18.9 Å². The highest BCUT2D eigenvalue weighted by Crippen LogP contribution is 2.41. The summed E-state index contributed by atoms with van der Waals surface area (Å²) in [6.45, 7) is 0.210. The monoisotopic (exact) mass is 350 g/mol. The molecular weight excluding hydrogens is 336 g/mol. The number of carbonyl (C=O) groups excluding carboxylic acids is 1. The summed E-state index contributed by atoms with van der Waals surface area (Å²) in [6.07, 6.45) is -0.261. The predicted molar refractivity (Wildman–Crippen MR) is 96.5 cm³/mol. The Balaban J connectivity index is 1.65. The molecule has 0 saturated carbocycles. The number of carbonyl (C=O) groups is 1. The number of benzene rings is 2. The number of anilines is 2. The van der Waals surface area contributed by atoms with E-state index >= 15 is 0 Å². The first-order valence-electron chi connectivity index (χ1n) is 7.93. The lowest BCUT2D eigenvalue weighted by atomic mass is 10.1. The number of nitrogens with zero attached hydrogens (tertiary/aromatic N) is 1. The smallest absolute Gasteiger partial charge is 0.262 e. The van der Waals surface area contributed by atoms with Gasteiger partial charge in [-0.25, -0.2) is 0 Å². The minimum absolute atomic E-state index is 0.0355. The van der Waals surface area contributed by atoms with Gasteiger partial charge in [0, 0.05) is 16.6 Å². The van der Waals surface area contributed by atoms with Gasteiger partial charge in [0.05, 0.1) is 11.3 Å². The second-order valence-corrected chi connectivity index (χ2v) is 6.80. The van der Waals surface area contributed by atoms with Crippen molar-refractivity contribution in [3.8, 4) is 11.5 Å². The van der Waals surface area contributed by atoms with Crippen LogP contribution in [0.15, 0.2) is 60.0 Å². The third-order valence-corrected chi connectivity index (χ3v) is 5.30. The van der Waals surface area contributed by atoms with E-state index in [0.717, 1.165) is 16.3 Å². The Labute approximate surface area is 148 Å². The van der Waals surface area contributed by atoms with Crippen LogP contribution in [0.4, 0.5) is 11.4 Å². The zero-order valence-electron chi connectivity index (χ0n) is 13.1. The van der Waals surface area contributed by atoms with E-state index in [0.29, 0.717) is 17.1 Å². The average Bonchev–Trinajstić information content (AvgIpc) is 3.33. The number of hydrogen-bond donors (Lipinski definition) is 1. The van der Waals surface area contributed by atoms with Crippen LogP contribution in [0.3, 0.4) is 0 Å². The summed E-state index contributed by atoms with van der Waals surface area (Å²) in [6, 6.07) is 17.2. The van der Waals surface area contributed by atoms with Crippen molar-refractivity contribution in [1.82, 2.24) is 0 Å². The van der Waals surface area contributed by atoms with Gasteiger partial charge in [-0.1, -0.05) is 18.2 Å². The zero-order chi connectivity index (χ0) is 16.8. The summed E-state index contributed by atoms with van der Waals surface area (Å²) in [4.78, 5) is 16.1. The second-order valence-electron chi connectivity index (χ2n) is 5.82. The topological polar surface area (TPSA) is 50.8 Å². The standard InChI is InChI=1S/C19H14N2O3S/c22-19-13-4-1-2-5-14(13)20-18(17-6-3-9-25-17)21(19)12-7-8-15-16(10-12)24-11-23-15/h1-10,18,20H,11H2/t18-/m0/s1. The number of ether oxygens (including phenoxy) is 2. The molecule has 3 heterocycles. The van der Waals surface area contributed by atoms with Gasteiger partial charge >= 0.3 is 0 Å². The quantitative estimate of drug-likeness (QED) is 0.751. The molecule has 0 unspecified atom stereocenters. The van der Waals surface area contributed by atoms with Crippen LogP contribution in [-0.2, 0) is 0 Å². The van der Waals surface area contributed by atoms with Gasteiger partial charge in [0.25, 0.3) is 5.91 Å². The molecule has 25 heavy (non-hydrogen) atoms. The van der Waals surface area contributed by atoms with Crippen LogP contribution in [-0.4, -0.2) is 12.7 Å². The minimum Gasteiger partial charge on any atom is -0.454 e. The molecule has 1 atom stereocenters. The molecule has 1 N–H and O–H groups in total. The summed E-state index contributed by atoms with van der Waals surface area (Å²) < 4.78 is 10.9. The third kappa shape index (κ3) is 2.26. The molecular formula is C19H14N2O3S. The molecule has 0 saturated heterocycles. The summed E-state index contributed by atoms with van der Waals surface area (Å²) in [7, 11) is 0. The fourth-order valence-electron chi connectivity index (χ4n) is 3.20. The Morgan fingerprint density at radius 3 is 2.80 bits per heavy atom. The Morgan fingerprint density at radius 2 is 1.92 bits per heavy atom. The van der Waals surface area contributed by atoms with Crippen molar-refractivity contribution >= 4 is 28.6 Å². The maximum atomic E-state index is 13.2. The molecule has 0 fully saturated rings. The molecule has 1 amide bonds. The van der Waals surface area contributed by atoms with E-state index in [1.165, 1.54) is 0 Å². The number of para-hydroxylation sites is 1. The highest BCUT2D eigenvalue weighted by molar-refractivity contribution is 7.10. The van der Waals surface area contributed by atoms with Crippen LogP contribution in [0.2, 0.25) is 0 Å². The molecule has 0 spiro atoms. The van der Waals surface area contributed by atoms with Crippen molar-refractivity contribution in [2.45, 2.75) is 6.17 Å². The van der Waals surface area contributed by atoms with Gasteiger partial charge in [-0.2, -0.15) is 0 Å². The lowest BCUT2D eigenvalue weighted by molar-refractivity contribution is 0.0975. The minimum atomic E-state index is -0.261. The fraction of sp³-hybridized carbons (Fsp3) is 0.105. The highest BCUT2D eigenvalue weighted by atomic mass is 32.1. The Bertz CT molecular complexity index is 955. The summed E-state index contributed by atoms with van der Waals surface area (Å²) in [5, 5.41) is 5.50. The van der Waals surface area contributed by atoms with Gasteiger partial charge in [-0.15, -0.1) is 11.3 Å². The summed E-state index contributed by atoms with van der Waals surface area (Å²) in [5.41, 5.74) is 2.28. The first kappa shape index (κ1) is 14.4. The first-order chi connectivity index (χ1) is 12.3. The summed E-state index contributed by atoms with van der Waals surface area (Å²) in [5.74, 6) is 1.33. The van der Waals surface area contributed by atoms with Crippen LogP contribution < -0.4 is 19.7 Å². The van der Waals surface area contributed by atoms with Gasteiger partial charge in [0.15, 0.2) is 11.5 Å². The van der Waals surface area contributed by atoms with Crippen molar-refractivity contribution in [2.24, 2.45) is 0 Å². The van der Waals surface area contributed by atoms with Gasteiger partial charge < -0.3 is 14.8 Å². The zero-order valence-corrected chi connectivity index (χ0v) is 14.0. The number of fused-ring (bicyclic) bond motifs is 2. The number of nitrogens with one attached hydrogen (secondary N) is 1. The molecule has 2 aromatic carbocycles. The lowest BCUT2D eigenvalue weighted by Gasteiger charge is -2.37. The first-order valence-corrected chi connectivity index (χ1v) is 8.81. The third-order valence-electron chi connectivity index (χ3n) is 4.37. The van der Waals surface area contributed by atoms with Crippen molar-refractivity contribution < 1.29 is 14.3 Å². The lowest BCUT2D eigenvalue weighted by Crippen LogP contribution is -2.42. The van der Waals surface area contributed by atoms with Gasteiger partial charge in [-0.05, 0) is 35.7 Å². The molecule has 2 aliphatic heterocycles. The molecule has 124 valence electrons. The average molecular weight is 350 g/mol. The molecule has 2 aliphatic rings. The van der Waals surface area contributed by atoms with Gasteiger partial charge in [0.2, 0.25) is 6.79 Å². The molecule has 3 aromatic rings. The molecule has 1 aromatic heterocycles. The molecule has 6 heteroatoms. The van der Waals surface area contributed by atoms with Crippen LogP contribution in [0, 0.1) is 0 Å². The number of rotatable bonds is 2. The van der Waals surface area contributed by atoms with Gasteiger partial charge in [-0.3, -0.25) is 9.69 Å². The van der Waals surface area contributed by atoms with Crippen molar-refractivity contribution in [3.63, 3.8) is 0 Å². The van der Waals surface area contributed by atoms with Crippen LogP contribution >= 0.6 is 11.3 Å². The number of thiophene rings is 1. The largest absolute Gasteiger partial charge is 0.454 e. The van der Waals surface area contributed by atoms with Crippen LogP contribution in [0.25, 0.3) is 0 Å². The normalized spacial score (nSPS) is 18.0. The van der Waals surface area contributed by atoms with Crippen LogP contribution in [0.5, 0.6) is 11.5 Å². The highest BCUT2D eigenvalue weighted by Gasteiger charge is 2.35. The Kier molecular flexibility index (Phi) is 3.18. The number of amides is 1. The fourth-order valence-corrected chi connectivity index (χ4v) is 3.97. The number of hydrogen-bond acceptors (Lipinski definition) is 5. The van der Waals surface area contributed by atoms with E-state index < -0.39 is 0 Å². The van der Waals surface area contributed by atoms with Crippen molar-refractivity contribution in [2.75, 3.05) is 17.0 Å². The van der Waals surface area contributed by atoms with E-state index in [1.807, 2.05) is 60.0 Å².